The zero-order valence-corrected chi connectivity index (χ0v) is 16.4. The van der Waals surface area contributed by atoms with E-state index in [1.165, 1.54) is 10.7 Å². The number of hydrogen-bond acceptors (Lipinski definition) is 5. The first-order valence-corrected chi connectivity index (χ1v) is 9.35. The molecule has 1 atom stereocenters. The lowest BCUT2D eigenvalue weighted by Gasteiger charge is -2.17. The van der Waals surface area contributed by atoms with E-state index >= 15 is 0 Å². The van der Waals surface area contributed by atoms with Crippen molar-refractivity contribution < 1.29 is 19.4 Å². The highest BCUT2D eigenvalue weighted by Gasteiger charge is 2.25. The third-order valence-corrected chi connectivity index (χ3v) is 4.75. The number of carbonyl (C=O) groups excluding carboxylic acids is 2. The number of aliphatic hydroxyl groups excluding tert-OH is 1. The number of aliphatic hydroxyl groups is 1. The van der Waals surface area contributed by atoms with Crippen molar-refractivity contribution in [2.75, 3.05) is 26.7 Å². The summed E-state index contributed by atoms with van der Waals surface area (Å²) in [6.07, 6.45) is -0.0594. The molecule has 1 aliphatic heterocycles. The van der Waals surface area contributed by atoms with Crippen LogP contribution in [0.1, 0.15) is 38.5 Å². The topological polar surface area (TPSA) is 96.7 Å². The average Bonchev–Trinajstić information content (AvgIpc) is 3.02. The van der Waals surface area contributed by atoms with E-state index in [1.54, 1.807) is 11.9 Å². The van der Waals surface area contributed by atoms with Gasteiger partial charge in [0, 0.05) is 26.2 Å². The van der Waals surface area contributed by atoms with Crippen molar-refractivity contribution in [1.82, 2.24) is 20.0 Å². The Hall–Kier alpha value is -2.87. The number of rotatable bonds is 6. The standard InChI is InChI=1S/C20H26N4O4/c1-13-6-4-7-14(2)18(13)28-9-5-8-23(3)20(27)16-10-17-19(26)21-11-15(25)12-24(17)22-16/h4,6-7,10,15,25H,5,8-9,11-12H2,1-3H3,(H,21,26)/t15-/m1/s1. The second-order valence-corrected chi connectivity index (χ2v) is 7.11. The summed E-state index contributed by atoms with van der Waals surface area (Å²) in [5, 5.41) is 16.6. The van der Waals surface area contributed by atoms with Gasteiger partial charge in [0.1, 0.15) is 11.4 Å². The normalized spacial score (nSPS) is 16.1. The van der Waals surface area contributed by atoms with E-state index in [9.17, 15) is 14.7 Å². The number of fused-ring (bicyclic) bond motifs is 1. The lowest BCUT2D eigenvalue weighted by atomic mass is 10.1. The summed E-state index contributed by atoms with van der Waals surface area (Å²) in [4.78, 5) is 26.2. The zero-order chi connectivity index (χ0) is 20.3. The number of β-amino-alcohol motifs (C(OH)–C–C–N with tert-alkyl or cyclic N) is 1. The Morgan fingerprint density at radius 1 is 1.39 bits per heavy atom. The Morgan fingerprint density at radius 2 is 2.11 bits per heavy atom. The van der Waals surface area contributed by atoms with Gasteiger partial charge in [0.2, 0.25) is 0 Å². The van der Waals surface area contributed by atoms with E-state index < -0.39 is 6.10 Å². The fraction of sp³-hybridized carbons (Fsp3) is 0.450. The number of amides is 2. The second-order valence-electron chi connectivity index (χ2n) is 7.11. The third-order valence-electron chi connectivity index (χ3n) is 4.75. The Bertz CT molecular complexity index is 857. The predicted octanol–water partition coefficient (Wildman–Crippen LogP) is 1.15. The molecule has 1 aromatic carbocycles. The summed E-state index contributed by atoms with van der Waals surface area (Å²) in [6, 6.07) is 7.48. The molecule has 0 unspecified atom stereocenters. The van der Waals surface area contributed by atoms with Crippen molar-refractivity contribution in [2.24, 2.45) is 0 Å². The fourth-order valence-electron chi connectivity index (χ4n) is 3.21. The van der Waals surface area contributed by atoms with Crippen LogP contribution in [0.3, 0.4) is 0 Å². The van der Waals surface area contributed by atoms with Crippen LogP contribution in [0, 0.1) is 13.8 Å². The molecule has 2 aromatic rings. The van der Waals surface area contributed by atoms with Crippen LogP contribution in [0.15, 0.2) is 24.3 Å². The van der Waals surface area contributed by atoms with Crippen molar-refractivity contribution >= 4 is 11.8 Å². The average molecular weight is 386 g/mol. The maximum absolute atomic E-state index is 12.6. The quantitative estimate of drug-likeness (QED) is 0.726. The first-order valence-electron chi connectivity index (χ1n) is 9.35. The Labute approximate surface area is 164 Å². The molecule has 0 saturated carbocycles. The molecule has 0 fully saturated rings. The number of hydrogen-bond donors (Lipinski definition) is 2. The van der Waals surface area contributed by atoms with Gasteiger partial charge in [-0.3, -0.25) is 14.3 Å². The minimum absolute atomic E-state index is 0.172. The molecule has 8 nitrogen and oxygen atoms in total. The van der Waals surface area contributed by atoms with Crippen LogP contribution in [-0.4, -0.2) is 64.4 Å². The van der Waals surface area contributed by atoms with E-state index in [-0.39, 0.29) is 36.3 Å². The first kappa shape index (κ1) is 19.9. The number of nitrogens with one attached hydrogen (secondary N) is 1. The molecule has 1 aromatic heterocycles. The van der Waals surface area contributed by atoms with Crippen molar-refractivity contribution in [2.45, 2.75) is 32.9 Å². The number of ether oxygens (including phenoxy) is 1. The first-order chi connectivity index (χ1) is 13.4. The molecule has 0 saturated heterocycles. The molecule has 2 heterocycles. The number of para-hydroxylation sites is 1. The molecule has 1 aliphatic rings. The summed E-state index contributed by atoms with van der Waals surface area (Å²) in [5.41, 5.74) is 2.65. The van der Waals surface area contributed by atoms with Gasteiger partial charge in [0.25, 0.3) is 11.8 Å². The monoisotopic (exact) mass is 386 g/mol. The van der Waals surface area contributed by atoms with Gasteiger partial charge >= 0.3 is 0 Å². The SMILES string of the molecule is Cc1cccc(C)c1OCCCN(C)C(=O)c1cc2n(n1)C[C@H](O)CNC2=O. The van der Waals surface area contributed by atoms with Gasteiger partial charge in [-0.2, -0.15) is 5.10 Å². The van der Waals surface area contributed by atoms with E-state index in [0.29, 0.717) is 19.6 Å². The minimum Gasteiger partial charge on any atom is -0.493 e. The van der Waals surface area contributed by atoms with Crippen LogP contribution >= 0.6 is 0 Å². The molecular weight excluding hydrogens is 360 g/mol. The Balaban J connectivity index is 1.56. The smallest absolute Gasteiger partial charge is 0.274 e. The van der Waals surface area contributed by atoms with Gasteiger partial charge in [-0.15, -0.1) is 0 Å². The molecule has 28 heavy (non-hydrogen) atoms. The van der Waals surface area contributed by atoms with Crippen molar-refractivity contribution in [3.05, 3.63) is 46.8 Å². The van der Waals surface area contributed by atoms with Crippen LogP contribution < -0.4 is 10.1 Å². The summed E-state index contributed by atoms with van der Waals surface area (Å²) in [6.45, 7) is 5.36. The van der Waals surface area contributed by atoms with Gasteiger partial charge in [0.05, 0.1) is 19.3 Å². The number of aryl methyl sites for hydroxylation is 2. The van der Waals surface area contributed by atoms with Crippen molar-refractivity contribution in [1.29, 1.82) is 0 Å². The molecule has 2 N–H and O–H groups in total. The highest BCUT2D eigenvalue weighted by molar-refractivity contribution is 5.98. The van der Waals surface area contributed by atoms with Gasteiger partial charge < -0.3 is 20.1 Å². The van der Waals surface area contributed by atoms with E-state index in [1.807, 2.05) is 32.0 Å². The molecular formula is C20H26N4O4. The van der Waals surface area contributed by atoms with Gasteiger partial charge in [-0.25, -0.2) is 0 Å². The highest BCUT2D eigenvalue weighted by atomic mass is 16.5. The highest BCUT2D eigenvalue weighted by Crippen LogP contribution is 2.22. The molecule has 0 radical (unpaired) electrons. The number of benzene rings is 1. The Kier molecular flexibility index (Phi) is 5.99. The molecule has 0 bridgehead atoms. The molecule has 2 amide bonds. The second kappa shape index (κ2) is 8.43. The van der Waals surface area contributed by atoms with Crippen LogP contribution in [0.25, 0.3) is 0 Å². The van der Waals surface area contributed by atoms with Crippen LogP contribution in [0.5, 0.6) is 5.75 Å². The zero-order valence-electron chi connectivity index (χ0n) is 16.4. The summed E-state index contributed by atoms with van der Waals surface area (Å²) < 4.78 is 7.26. The summed E-state index contributed by atoms with van der Waals surface area (Å²) >= 11 is 0. The molecule has 0 aliphatic carbocycles. The molecule has 8 heteroatoms. The number of carbonyl (C=O) groups is 2. The maximum atomic E-state index is 12.6. The van der Waals surface area contributed by atoms with Crippen molar-refractivity contribution in [3.63, 3.8) is 0 Å². The van der Waals surface area contributed by atoms with E-state index in [2.05, 4.69) is 10.4 Å². The van der Waals surface area contributed by atoms with E-state index in [0.717, 1.165) is 16.9 Å². The number of nitrogens with zero attached hydrogens (tertiary/aromatic N) is 3. The summed E-state index contributed by atoms with van der Waals surface area (Å²) in [7, 11) is 1.70. The van der Waals surface area contributed by atoms with Crippen molar-refractivity contribution in [3.8, 4) is 5.75 Å². The Morgan fingerprint density at radius 3 is 2.82 bits per heavy atom. The lowest BCUT2D eigenvalue weighted by molar-refractivity contribution is 0.0779. The van der Waals surface area contributed by atoms with Gasteiger partial charge in [-0.1, -0.05) is 18.2 Å². The minimum atomic E-state index is -0.729. The number of aromatic nitrogens is 2. The van der Waals surface area contributed by atoms with Gasteiger partial charge in [-0.05, 0) is 31.4 Å². The van der Waals surface area contributed by atoms with Crippen LogP contribution in [0.2, 0.25) is 0 Å². The largest absolute Gasteiger partial charge is 0.493 e. The summed E-state index contributed by atoms with van der Waals surface area (Å²) in [5.74, 6) is 0.279. The third kappa shape index (κ3) is 4.33. The maximum Gasteiger partial charge on any atom is 0.274 e. The van der Waals surface area contributed by atoms with E-state index in [4.69, 9.17) is 4.74 Å². The van der Waals surface area contributed by atoms with Crippen LogP contribution in [-0.2, 0) is 6.54 Å². The predicted molar refractivity (Wildman–Crippen MR) is 104 cm³/mol. The van der Waals surface area contributed by atoms with Crippen LogP contribution in [0.4, 0.5) is 0 Å². The molecule has 0 spiro atoms. The molecule has 3 rings (SSSR count). The molecule has 150 valence electrons. The fourth-order valence-corrected chi connectivity index (χ4v) is 3.21. The lowest BCUT2D eigenvalue weighted by Crippen LogP contribution is -2.31. The van der Waals surface area contributed by atoms with Gasteiger partial charge in [0.15, 0.2) is 5.69 Å².